The predicted molar refractivity (Wildman–Crippen MR) is 109 cm³/mol. The zero-order chi connectivity index (χ0) is 19.7. The summed E-state index contributed by atoms with van der Waals surface area (Å²) in [4.78, 5) is 26.0. The van der Waals surface area contributed by atoms with Crippen LogP contribution < -0.4 is 4.90 Å². The quantitative estimate of drug-likeness (QED) is 0.625. The van der Waals surface area contributed by atoms with Crippen LogP contribution in [0.5, 0.6) is 0 Å². The number of anilines is 1. The van der Waals surface area contributed by atoms with Crippen molar-refractivity contribution in [3.63, 3.8) is 0 Å². The minimum absolute atomic E-state index is 0.0424. The normalized spacial score (nSPS) is 14.9. The Balaban J connectivity index is 1.51. The van der Waals surface area contributed by atoms with Crippen molar-refractivity contribution in [1.82, 2.24) is 29.5 Å². The van der Waals surface area contributed by atoms with E-state index in [9.17, 15) is 4.79 Å². The molecule has 0 spiro atoms. The second-order valence-electron chi connectivity index (χ2n) is 7.03. The van der Waals surface area contributed by atoms with Crippen LogP contribution in [0.3, 0.4) is 0 Å². The molecule has 146 valence electrons. The molecule has 0 saturated carbocycles. The van der Waals surface area contributed by atoms with E-state index in [1.807, 2.05) is 27.7 Å². The summed E-state index contributed by atoms with van der Waals surface area (Å²) in [6.45, 7) is 7.06. The molecular weight excluding hydrogens is 374 g/mol. The van der Waals surface area contributed by atoms with Gasteiger partial charge in [-0.3, -0.25) is 9.20 Å². The van der Waals surface area contributed by atoms with Crippen molar-refractivity contribution in [2.75, 3.05) is 37.3 Å². The Labute approximate surface area is 168 Å². The number of hydrogen-bond acceptors (Lipinski definition) is 7. The highest BCUT2D eigenvalue weighted by atomic mass is 32.2. The van der Waals surface area contributed by atoms with Gasteiger partial charge in [0.2, 0.25) is 0 Å². The number of amides is 1. The van der Waals surface area contributed by atoms with Crippen LogP contribution in [0.15, 0.2) is 35.7 Å². The Kier molecular flexibility index (Phi) is 5.17. The van der Waals surface area contributed by atoms with Crippen LogP contribution in [0, 0.1) is 0 Å². The molecule has 3 aromatic rings. The lowest BCUT2D eigenvalue weighted by Gasteiger charge is -2.35. The molecule has 0 N–H and O–H groups in total. The van der Waals surface area contributed by atoms with E-state index in [0.29, 0.717) is 30.3 Å². The Morgan fingerprint density at radius 3 is 2.71 bits per heavy atom. The van der Waals surface area contributed by atoms with Crippen molar-refractivity contribution < 1.29 is 4.79 Å². The third-order valence-electron chi connectivity index (χ3n) is 4.98. The standard InChI is InChI=1S/C19H23N7OS/c1-13(2)15-11-16(22-19-23-21-12-26(15)19)24-7-9-25(10-8-24)18(27)14-5-4-6-20-17(14)28-3/h4-6,11-13H,7-10H2,1-3H3. The number of nitrogens with zero attached hydrogens (tertiary/aromatic N) is 7. The number of rotatable bonds is 4. The van der Waals surface area contributed by atoms with Crippen molar-refractivity contribution in [2.24, 2.45) is 0 Å². The number of pyridine rings is 1. The van der Waals surface area contributed by atoms with Gasteiger partial charge in [0.05, 0.1) is 5.56 Å². The number of piperazine rings is 1. The van der Waals surface area contributed by atoms with E-state index in [2.05, 4.69) is 45.0 Å². The molecule has 1 amide bonds. The Morgan fingerprint density at radius 1 is 1.21 bits per heavy atom. The molecule has 28 heavy (non-hydrogen) atoms. The summed E-state index contributed by atoms with van der Waals surface area (Å²) in [6.07, 6.45) is 5.37. The molecule has 1 fully saturated rings. The number of carbonyl (C=O) groups excluding carboxylic acids is 1. The summed E-state index contributed by atoms with van der Waals surface area (Å²) >= 11 is 1.50. The molecule has 1 aliphatic heterocycles. The predicted octanol–water partition coefficient (Wildman–Crippen LogP) is 2.33. The maximum atomic E-state index is 12.9. The van der Waals surface area contributed by atoms with Crippen molar-refractivity contribution in [2.45, 2.75) is 24.8 Å². The number of fused-ring (bicyclic) bond motifs is 1. The van der Waals surface area contributed by atoms with Crippen molar-refractivity contribution >= 4 is 29.3 Å². The van der Waals surface area contributed by atoms with Gasteiger partial charge in [-0.25, -0.2) is 4.98 Å². The van der Waals surface area contributed by atoms with Crippen molar-refractivity contribution in [3.05, 3.63) is 42.0 Å². The average Bonchev–Trinajstić information content (AvgIpc) is 3.21. The summed E-state index contributed by atoms with van der Waals surface area (Å²) in [6, 6.07) is 5.77. The molecular formula is C19H23N7OS. The number of aromatic nitrogens is 5. The Hall–Kier alpha value is -2.68. The van der Waals surface area contributed by atoms with Crippen LogP contribution in [0.4, 0.5) is 5.82 Å². The van der Waals surface area contributed by atoms with E-state index < -0.39 is 0 Å². The zero-order valence-corrected chi connectivity index (χ0v) is 17.1. The zero-order valence-electron chi connectivity index (χ0n) is 16.2. The number of hydrogen-bond donors (Lipinski definition) is 0. The second-order valence-corrected chi connectivity index (χ2v) is 7.83. The minimum atomic E-state index is 0.0424. The van der Waals surface area contributed by atoms with Gasteiger partial charge in [-0.15, -0.1) is 22.0 Å². The lowest BCUT2D eigenvalue weighted by molar-refractivity contribution is 0.0742. The lowest BCUT2D eigenvalue weighted by Crippen LogP contribution is -2.49. The molecule has 0 radical (unpaired) electrons. The largest absolute Gasteiger partial charge is 0.353 e. The third kappa shape index (κ3) is 3.42. The number of carbonyl (C=O) groups is 1. The minimum Gasteiger partial charge on any atom is -0.353 e. The molecule has 4 heterocycles. The van der Waals surface area contributed by atoms with Crippen LogP contribution in [0.2, 0.25) is 0 Å². The van der Waals surface area contributed by atoms with Gasteiger partial charge >= 0.3 is 0 Å². The molecule has 8 nitrogen and oxygen atoms in total. The van der Waals surface area contributed by atoms with E-state index in [1.54, 1.807) is 12.5 Å². The Bertz CT molecular complexity index is 995. The summed E-state index contributed by atoms with van der Waals surface area (Å²) in [5, 5.41) is 8.88. The van der Waals surface area contributed by atoms with Gasteiger partial charge in [0.25, 0.3) is 11.7 Å². The van der Waals surface area contributed by atoms with Crippen LogP contribution in [-0.4, -0.2) is 67.8 Å². The fourth-order valence-corrected chi connectivity index (χ4v) is 4.00. The van der Waals surface area contributed by atoms with E-state index in [1.165, 1.54) is 11.8 Å². The first kappa shape index (κ1) is 18.7. The van der Waals surface area contributed by atoms with Gasteiger partial charge < -0.3 is 9.80 Å². The van der Waals surface area contributed by atoms with E-state index >= 15 is 0 Å². The molecule has 4 rings (SSSR count). The van der Waals surface area contributed by atoms with Gasteiger partial charge in [-0.05, 0) is 24.3 Å². The van der Waals surface area contributed by atoms with Gasteiger partial charge in [-0.2, -0.15) is 4.98 Å². The third-order valence-corrected chi connectivity index (χ3v) is 5.69. The molecule has 0 unspecified atom stereocenters. The van der Waals surface area contributed by atoms with Crippen LogP contribution in [0.1, 0.15) is 35.8 Å². The topological polar surface area (TPSA) is 79.5 Å². The maximum absolute atomic E-state index is 12.9. The van der Waals surface area contributed by atoms with Crippen LogP contribution in [-0.2, 0) is 0 Å². The highest BCUT2D eigenvalue weighted by molar-refractivity contribution is 7.98. The first-order valence-corrected chi connectivity index (χ1v) is 10.5. The van der Waals surface area contributed by atoms with Crippen molar-refractivity contribution in [1.29, 1.82) is 0 Å². The average molecular weight is 398 g/mol. The molecule has 3 aromatic heterocycles. The van der Waals surface area contributed by atoms with Gasteiger partial charge in [0.15, 0.2) is 0 Å². The van der Waals surface area contributed by atoms with Crippen LogP contribution in [0.25, 0.3) is 5.78 Å². The molecule has 1 aliphatic rings. The van der Waals surface area contributed by atoms with Crippen LogP contribution >= 0.6 is 11.8 Å². The highest BCUT2D eigenvalue weighted by Gasteiger charge is 2.25. The van der Waals surface area contributed by atoms with E-state index in [0.717, 1.165) is 29.6 Å². The van der Waals surface area contributed by atoms with Crippen molar-refractivity contribution in [3.8, 4) is 0 Å². The van der Waals surface area contributed by atoms with Gasteiger partial charge in [-0.1, -0.05) is 13.8 Å². The molecule has 0 atom stereocenters. The SMILES string of the molecule is CSc1ncccc1C(=O)N1CCN(c2cc(C(C)C)n3cnnc3n2)CC1. The summed E-state index contributed by atoms with van der Waals surface area (Å²) in [7, 11) is 0. The van der Waals surface area contributed by atoms with E-state index in [4.69, 9.17) is 0 Å². The summed E-state index contributed by atoms with van der Waals surface area (Å²) in [5.41, 5.74) is 1.80. The molecule has 9 heteroatoms. The maximum Gasteiger partial charge on any atom is 0.256 e. The molecule has 0 bridgehead atoms. The van der Waals surface area contributed by atoms with E-state index in [-0.39, 0.29) is 5.91 Å². The lowest BCUT2D eigenvalue weighted by atomic mass is 10.1. The molecule has 1 saturated heterocycles. The highest BCUT2D eigenvalue weighted by Crippen LogP contribution is 2.23. The second kappa shape index (κ2) is 7.75. The smallest absolute Gasteiger partial charge is 0.256 e. The first-order chi connectivity index (χ1) is 13.6. The molecule has 0 aromatic carbocycles. The van der Waals surface area contributed by atoms with Gasteiger partial charge in [0.1, 0.15) is 17.2 Å². The summed E-state index contributed by atoms with van der Waals surface area (Å²) in [5.74, 6) is 1.88. The Morgan fingerprint density at radius 2 is 2.00 bits per heavy atom. The first-order valence-electron chi connectivity index (χ1n) is 9.32. The fraction of sp³-hybridized carbons (Fsp3) is 0.421. The molecule has 0 aliphatic carbocycles. The van der Waals surface area contributed by atoms with Gasteiger partial charge in [0, 0.05) is 44.1 Å². The fourth-order valence-electron chi connectivity index (χ4n) is 3.46. The summed E-state index contributed by atoms with van der Waals surface area (Å²) < 4.78 is 1.93. The monoisotopic (exact) mass is 397 g/mol. The number of thioether (sulfide) groups is 1.